The average molecular weight is 381 g/mol. The molecule has 1 saturated carbocycles. The quantitative estimate of drug-likeness (QED) is 0.839. The zero-order valence-electron chi connectivity index (χ0n) is 15.5. The number of anilines is 1. The fourth-order valence-corrected chi connectivity index (χ4v) is 5.45. The summed E-state index contributed by atoms with van der Waals surface area (Å²) >= 11 is 0. The highest BCUT2D eigenvalue weighted by atomic mass is 32.2. The van der Waals surface area contributed by atoms with Crippen molar-refractivity contribution in [1.29, 1.82) is 0 Å². The largest absolute Gasteiger partial charge is 0.363 e. The van der Waals surface area contributed by atoms with Gasteiger partial charge in [-0.1, -0.05) is 12.8 Å². The molecule has 3 rings (SSSR count). The van der Waals surface area contributed by atoms with Gasteiger partial charge in [0.1, 0.15) is 5.82 Å². The van der Waals surface area contributed by atoms with Crippen LogP contribution in [0.2, 0.25) is 0 Å². The molecule has 0 spiro atoms. The molecule has 1 aliphatic carbocycles. The maximum absolute atomic E-state index is 12.8. The molecule has 2 aliphatic rings. The van der Waals surface area contributed by atoms with E-state index in [9.17, 15) is 13.2 Å². The molecule has 0 bridgehead atoms. The maximum atomic E-state index is 12.8. The van der Waals surface area contributed by atoms with Crippen molar-refractivity contribution >= 4 is 21.7 Å². The summed E-state index contributed by atoms with van der Waals surface area (Å²) in [7, 11) is 0.381. The van der Waals surface area contributed by atoms with Gasteiger partial charge in [0.2, 0.25) is 10.0 Å². The van der Waals surface area contributed by atoms with Crippen LogP contribution in [-0.2, 0) is 10.0 Å². The lowest BCUT2D eigenvalue weighted by atomic mass is 10.1. The highest BCUT2D eigenvalue weighted by molar-refractivity contribution is 7.90. The number of aromatic nitrogens is 1. The van der Waals surface area contributed by atoms with Crippen LogP contribution in [0.4, 0.5) is 5.82 Å². The first-order valence-corrected chi connectivity index (χ1v) is 10.9. The Bertz CT molecular complexity index is 727. The molecule has 1 aromatic rings. The molecule has 0 aromatic carbocycles. The second-order valence-electron chi connectivity index (χ2n) is 7.46. The van der Waals surface area contributed by atoms with E-state index in [1.165, 1.54) is 0 Å². The van der Waals surface area contributed by atoms with Crippen molar-refractivity contribution in [3.63, 3.8) is 0 Å². The zero-order valence-corrected chi connectivity index (χ0v) is 16.3. The number of carbonyl (C=O) groups excluding carboxylic acids is 1. The monoisotopic (exact) mass is 380 g/mol. The van der Waals surface area contributed by atoms with Crippen molar-refractivity contribution in [3.05, 3.63) is 23.9 Å². The molecule has 1 aliphatic heterocycles. The van der Waals surface area contributed by atoms with Gasteiger partial charge in [-0.05, 0) is 37.8 Å². The van der Waals surface area contributed by atoms with Crippen LogP contribution in [0.25, 0.3) is 0 Å². The SMILES string of the molecule is CN(C)c1ccc(C(=O)N2CCCC(S(=O)(=O)NC3CCCC3)C2)cn1. The van der Waals surface area contributed by atoms with Gasteiger partial charge < -0.3 is 9.80 Å². The second-order valence-corrected chi connectivity index (χ2v) is 9.45. The molecule has 0 radical (unpaired) electrons. The minimum Gasteiger partial charge on any atom is -0.363 e. The molecule has 1 saturated heterocycles. The van der Waals surface area contributed by atoms with Crippen LogP contribution in [0, 0.1) is 0 Å². The molecule has 1 atom stereocenters. The number of hydrogen-bond donors (Lipinski definition) is 1. The normalized spacial score (nSPS) is 21.8. The summed E-state index contributed by atoms with van der Waals surface area (Å²) < 4.78 is 28.3. The fraction of sp³-hybridized carbons (Fsp3) is 0.667. The number of sulfonamides is 1. The summed E-state index contributed by atoms with van der Waals surface area (Å²) in [4.78, 5) is 20.5. The molecule has 2 fully saturated rings. The van der Waals surface area contributed by atoms with Gasteiger partial charge in [-0.15, -0.1) is 0 Å². The third kappa shape index (κ3) is 4.35. The number of likely N-dealkylation sites (tertiary alicyclic amines) is 1. The standard InChI is InChI=1S/C18H28N4O3S/c1-21(2)17-10-9-14(12-19-17)18(23)22-11-5-8-16(13-22)26(24,25)20-15-6-3-4-7-15/h9-10,12,15-16,20H,3-8,11,13H2,1-2H3. The average Bonchev–Trinajstić information content (AvgIpc) is 3.13. The Morgan fingerprint density at radius 1 is 1.19 bits per heavy atom. The molecular weight excluding hydrogens is 352 g/mol. The van der Waals surface area contributed by atoms with Crippen LogP contribution >= 0.6 is 0 Å². The Morgan fingerprint density at radius 3 is 2.54 bits per heavy atom. The van der Waals surface area contributed by atoms with Crippen molar-refractivity contribution in [1.82, 2.24) is 14.6 Å². The lowest BCUT2D eigenvalue weighted by Crippen LogP contribution is -2.49. The van der Waals surface area contributed by atoms with Crippen LogP contribution in [0.1, 0.15) is 48.9 Å². The van der Waals surface area contributed by atoms with E-state index in [-0.39, 0.29) is 18.5 Å². The second kappa shape index (κ2) is 7.92. The lowest BCUT2D eigenvalue weighted by Gasteiger charge is -2.33. The number of hydrogen-bond acceptors (Lipinski definition) is 5. The molecule has 8 heteroatoms. The highest BCUT2D eigenvalue weighted by Crippen LogP contribution is 2.23. The van der Waals surface area contributed by atoms with Gasteiger partial charge >= 0.3 is 0 Å². The van der Waals surface area contributed by atoms with Crippen molar-refractivity contribution in [3.8, 4) is 0 Å². The van der Waals surface area contributed by atoms with E-state index in [1.807, 2.05) is 19.0 Å². The predicted molar refractivity (Wildman–Crippen MR) is 102 cm³/mol. The van der Waals surface area contributed by atoms with E-state index in [4.69, 9.17) is 0 Å². The molecule has 1 unspecified atom stereocenters. The number of nitrogens with zero attached hydrogens (tertiary/aromatic N) is 3. The van der Waals surface area contributed by atoms with E-state index >= 15 is 0 Å². The van der Waals surface area contributed by atoms with Crippen LogP contribution in [0.15, 0.2) is 18.3 Å². The molecule has 1 N–H and O–H groups in total. The molecule has 2 heterocycles. The van der Waals surface area contributed by atoms with Crippen molar-refractivity contribution in [2.75, 3.05) is 32.1 Å². The van der Waals surface area contributed by atoms with Crippen molar-refractivity contribution in [2.24, 2.45) is 0 Å². The third-order valence-corrected chi connectivity index (χ3v) is 7.17. The number of pyridine rings is 1. The Balaban J connectivity index is 1.66. The molecule has 1 aromatic heterocycles. The van der Waals surface area contributed by atoms with Gasteiger partial charge in [0, 0.05) is 39.4 Å². The zero-order chi connectivity index (χ0) is 18.7. The van der Waals surface area contributed by atoms with Crippen LogP contribution in [0.5, 0.6) is 0 Å². The first kappa shape index (κ1) is 19.1. The smallest absolute Gasteiger partial charge is 0.255 e. The van der Waals surface area contributed by atoms with Crippen molar-refractivity contribution < 1.29 is 13.2 Å². The van der Waals surface area contributed by atoms with E-state index in [2.05, 4.69) is 9.71 Å². The van der Waals surface area contributed by atoms with E-state index in [1.54, 1.807) is 23.2 Å². The van der Waals surface area contributed by atoms with Gasteiger partial charge in [-0.25, -0.2) is 18.1 Å². The first-order valence-electron chi connectivity index (χ1n) is 9.30. The van der Waals surface area contributed by atoms with Crippen LogP contribution in [0.3, 0.4) is 0 Å². The Hall–Kier alpha value is -1.67. The summed E-state index contributed by atoms with van der Waals surface area (Å²) in [5.41, 5.74) is 0.498. The Kier molecular flexibility index (Phi) is 5.82. The van der Waals surface area contributed by atoms with E-state index < -0.39 is 15.3 Å². The van der Waals surface area contributed by atoms with Crippen LogP contribution in [-0.4, -0.2) is 62.7 Å². The molecule has 1 amide bonds. The molecule has 144 valence electrons. The summed E-state index contributed by atoms with van der Waals surface area (Å²) in [6, 6.07) is 3.61. The fourth-order valence-electron chi connectivity index (χ4n) is 3.71. The Morgan fingerprint density at radius 2 is 1.92 bits per heavy atom. The third-order valence-electron chi connectivity index (χ3n) is 5.24. The molecular formula is C18H28N4O3S. The van der Waals surface area contributed by atoms with Gasteiger partial charge in [-0.2, -0.15) is 0 Å². The van der Waals surface area contributed by atoms with E-state index in [0.717, 1.165) is 31.5 Å². The molecule has 7 nitrogen and oxygen atoms in total. The van der Waals surface area contributed by atoms with Gasteiger partial charge in [-0.3, -0.25) is 4.79 Å². The van der Waals surface area contributed by atoms with Gasteiger partial charge in [0.25, 0.3) is 5.91 Å². The lowest BCUT2D eigenvalue weighted by molar-refractivity contribution is 0.0726. The number of rotatable bonds is 5. The van der Waals surface area contributed by atoms with Gasteiger partial charge in [0.05, 0.1) is 10.8 Å². The minimum absolute atomic E-state index is 0.0638. The topological polar surface area (TPSA) is 82.6 Å². The van der Waals surface area contributed by atoms with Gasteiger partial charge in [0.15, 0.2) is 0 Å². The number of amides is 1. The number of nitrogens with one attached hydrogen (secondary N) is 1. The predicted octanol–water partition coefficient (Wildman–Crippen LogP) is 1.61. The van der Waals surface area contributed by atoms with Crippen LogP contribution < -0.4 is 9.62 Å². The summed E-state index contributed by atoms with van der Waals surface area (Å²) in [5, 5.41) is -0.533. The summed E-state index contributed by atoms with van der Waals surface area (Å²) in [6.45, 7) is 0.833. The summed E-state index contributed by atoms with van der Waals surface area (Å²) in [5.74, 6) is 0.630. The minimum atomic E-state index is -3.40. The number of piperidine rings is 1. The number of carbonyl (C=O) groups is 1. The Labute approximate surface area is 155 Å². The highest BCUT2D eigenvalue weighted by Gasteiger charge is 2.34. The first-order chi connectivity index (χ1) is 12.4. The van der Waals surface area contributed by atoms with E-state index in [0.29, 0.717) is 24.9 Å². The van der Waals surface area contributed by atoms with Crippen molar-refractivity contribution in [2.45, 2.75) is 49.8 Å². The maximum Gasteiger partial charge on any atom is 0.255 e. The summed E-state index contributed by atoms with van der Waals surface area (Å²) in [6.07, 6.45) is 6.86. The molecule has 26 heavy (non-hydrogen) atoms.